The lowest BCUT2D eigenvalue weighted by Gasteiger charge is -2.26. The normalized spacial score (nSPS) is 22.5. The number of anilines is 3. The predicted octanol–water partition coefficient (Wildman–Crippen LogP) is 6.39. The van der Waals surface area contributed by atoms with Gasteiger partial charge in [-0.15, -0.1) is 0 Å². The molecule has 2 unspecified atom stereocenters. The molecule has 29 nitrogen and oxygen atoms in total. The number of nitrogen functional groups attached to an aromatic ring is 2. The molecule has 2 saturated heterocycles. The molecule has 0 aliphatic carbocycles. The number of nitrogens with one attached hydrogen (secondary N) is 3. The summed E-state index contributed by atoms with van der Waals surface area (Å²) in [5.41, 5.74) is 9.29. The van der Waals surface area contributed by atoms with Crippen molar-refractivity contribution in [1.29, 1.82) is 10.5 Å². The third-order valence-corrected chi connectivity index (χ3v) is 19.0. The van der Waals surface area contributed by atoms with Gasteiger partial charge in [-0.1, -0.05) is 89.8 Å². The van der Waals surface area contributed by atoms with E-state index < -0.39 is 135 Å². The van der Waals surface area contributed by atoms with Crippen LogP contribution in [0.1, 0.15) is 78.6 Å². The molecule has 2 aliphatic heterocycles. The Hall–Kier alpha value is -8.47. The number of hydrogen-bond donors (Lipinski definition) is 10. The van der Waals surface area contributed by atoms with E-state index in [0.29, 0.717) is 16.7 Å². The van der Waals surface area contributed by atoms with E-state index in [-0.39, 0.29) is 53.8 Å². The van der Waals surface area contributed by atoms with Crippen molar-refractivity contribution in [2.45, 2.75) is 127 Å². The van der Waals surface area contributed by atoms with Crippen molar-refractivity contribution in [1.82, 2.24) is 39.4 Å². The number of hydrogen-bond acceptors (Lipinski definition) is 24. The number of nitrogens with two attached hydrogens (primary N) is 2. The standard InChI is InChI=1S/C27H36N7O7P.C21H23F5NO5P.C12H13N5O4/c1-4-18(5-2)13-39-26(37)17(3)32-42(38,33-19-9-7-6-8-10-19)40-14-21-23(35)24(36)27(15-28,41-21)22-12-11-20-25(29)30-16-31-34(20)22;1-4-13(5-2)11-30-21(28)12(3)27-33(29,31-14-9-7-6-8-10-14)32-20-18(25)16(23)15(22)17(24)19(20)26;13-4-12(10(20)9(19)7(3-18)21-12)8-2-1-6-11(14)15-5-16-17(6)8/h6-12,16-18,21,23-24,35-36H,4-5,13-14H2,1-3H3,(H2,29,30,31)(H2,32,33,38);6-10,12-13H,4-5,11H2,1-3H3,(H,27,29);1-2,5,7,9-10,18-20H,3H2,(H2,14,15,16)/t17-,21+,23+,24+,27-,42?;12-,33?;7-,9-,10-,12+/m001/s1. The molecule has 12 N–H and O–H groups in total. The van der Waals surface area contributed by atoms with Crippen molar-refractivity contribution < 1.29 is 98.7 Å². The van der Waals surface area contributed by atoms with Crippen LogP contribution in [0.3, 0.4) is 0 Å². The largest absolute Gasteiger partial charge is 0.513 e. The molecular weight excluding hydrogens is 1320 g/mol. The van der Waals surface area contributed by atoms with E-state index in [1.54, 1.807) is 48.5 Å². The zero-order chi connectivity index (χ0) is 70.5. The van der Waals surface area contributed by atoms with Gasteiger partial charge in [0.05, 0.1) is 37.8 Å². The van der Waals surface area contributed by atoms with Gasteiger partial charge in [-0.3, -0.25) is 14.1 Å². The van der Waals surface area contributed by atoms with Crippen LogP contribution in [0.5, 0.6) is 11.5 Å². The molecule has 0 bridgehead atoms. The monoisotopic (exact) mass is 1390 g/mol. The van der Waals surface area contributed by atoms with E-state index in [4.69, 9.17) is 44.0 Å². The van der Waals surface area contributed by atoms with E-state index in [0.717, 1.165) is 25.7 Å². The van der Waals surface area contributed by atoms with Crippen molar-refractivity contribution in [2.75, 3.05) is 43.0 Å². The lowest BCUT2D eigenvalue weighted by molar-refractivity contribution is -0.147. The quantitative estimate of drug-likeness (QED) is 0.00922. The van der Waals surface area contributed by atoms with Crippen LogP contribution in [0.2, 0.25) is 0 Å². The second-order valence-corrected chi connectivity index (χ2v) is 25.4. The summed E-state index contributed by atoms with van der Waals surface area (Å²) in [5, 5.41) is 86.5. The molecule has 12 atom stereocenters. The van der Waals surface area contributed by atoms with Crippen LogP contribution in [0.15, 0.2) is 97.6 Å². The van der Waals surface area contributed by atoms with E-state index in [9.17, 15) is 76.7 Å². The van der Waals surface area contributed by atoms with Gasteiger partial charge in [0.2, 0.25) is 46.0 Å². The van der Waals surface area contributed by atoms with Crippen LogP contribution in [0, 0.1) is 63.6 Å². The van der Waals surface area contributed by atoms with Gasteiger partial charge in [-0.25, -0.2) is 46.4 Å². The number of benzene rings is 3. The second-order valence-electron chi connectivity index (χ2n) is 21.9. The van der Waals surface area contributed by atoms with Crippen LogP contribution in [0.25, 0.3) is 11.0 Å². The Morgan fingerprint density at radius 1 is 0.646 bits per heavy atom. The number of aromatic nitrogens is 6. The molecular formula is C60H72F5N13O16P2. The van der Waals surface area contributed by atoms with Crippen molar-refractivity contribution in [3.63, 3.8) is 0 Å². The maximum atomic E-state index is 14.1. The summed E-state index contributed by atoms with van der Waals surface area (Å²) >= 11 is 0. The summed E-state index contributed by atoms with van der Waals surface area (Å²) in [7, 11) is -9.00. The van der Waals surface area contributed by atoms with Crippen molar-refractivity contribution >= 4 is 55.7 Å². The Morgan fingerprint density at radius 3 is 1.51 bits per heavy atom. The van der Waals surface area contributed by atoms with Crippen LogP contribution in [-0.4, -0.2) is 142 Å². The smallest absolute Gasteiger partial charge is 0.464 e. The first-order valence-corrected chi connectivity index (χ1v) is 33.0. The molecule has 0 spiro atoms. The topological polar surface area (TPSA) is 430 Å². The van der Waals surface area contributed by atoms with Crippen molar-refractivity contribution in [3.8, 4) is 23.6 Å². The van der Waals surface area contributed by atoms with Gasteiger partial charge in [0.25, 0.3) is 0 Å². The molecule has 0 saturated carbocycles. The summed E-state index contributed by atoms with van der Waals surface area (Å²) in [6.07, 6.45) is -3.05. The molecule has 7 aromatic rings. The average molecular weight is 1390 g/mol. The number of nitrogens with zero attached hydrogens (tertiary/aromatic N) is 8. The zero-order valence-corrected chi connectivity index (χ0v) is 54.2. The molecule has 518 valence electrons. The number of rotatable bonds is 26. The number of aliphatic hydroxyl groups is 5. The van der Waals surface area contributed by atoms with E-state index in [2.05, 4.69) is 35.4 Å². The first-order chi connectivity index (χ1) is 45.6. The number of carbonyl (C=O) groups is 2. The van der Waals surface area contributed by atoms with Crippen LogP contribution >= 0.6 is 15.4 Å². The molecule has 0 radical (unpaired) electrons. The SMILES string of the molecule is CCC(CC)COC(=O)[C@H](C)NP(=O)(Nc1ccccc1)OC[C@H]1O[C@@](C#N)(c2ccc3c(N)ncnn23)[C@H](O)[C@@H]1O.CCC(CC)COC(=O)[C@H](C)NP(=O)(Oc1ccccc1)Oc1c(F)c(F)c(F)c(F)c1F.N#C[C@@]1(c2ccc3c(N)ncnn23)O[C@H](CO)[C@@H](O)[C@H]1O. The van der Waals surface area contributed by atoms with Gasteiger partial charge in [0, 0.05) is 5.69 Å². The third kappa shape index (κ3) is 16.5. The molecule has 6 heterocycles. The highest BCUT2D eigenvalue weighted by Crippen LogP contribution is 2.49. The van der Waals surface area contributed by atoms with Crippen LogP contribution in [-0.2, 0) is 53.4 Å². The predicted molar refractivity (Wildman–Crippen MR) is 331 cm³/mol. The number of aliphatic hydroxyl groups excluding tert-OH is 5. The van der Waals surface area contributed by atoms with Crippen molar-refractivity contribution in [2.24, 2.45) is 11.8 Å². The number of para-hydroxylation sites is 2. The molecule has 3 aromatic carbocycles. The number of ether oxygens (including phenoxy) is 4. The number of esters is 2. The maximum absolute atomic E-state index is 14.1. The van der Waals surface area contributed by atoms with Gasteiger partial charge >= 0.3 is 27.4 Å². The molecule has 36 heteroatoms. The Bertz CT molecular complexity index is 3970. The van der Waals surface area contributed by atoms with E-state index >= 15 is 0 Å². The highest BCUT2D eigenvalue weighted by Gasteiger charge is 2.59. The van der Waals surface area contributed by atoms with Crippen LogP contribution < -0.4 is 35.8 Å². The summed E-state index contributed by atoms with van der Waals surface area (Å²) in [6, 6.07) is 23.2. The van der Waals surface area contributed by atoms with Crippen LogP contribution in [0.4, 0.5) is 39.3 Å². The summed E-state index contributed by atoms with van der Waals surface area (Å²) in [5.74, 6) is -14.5. The Morgan fingerprint density at radius 2 is 1.07 bits per heavy atom. The van der Waals surface area contributed by atoms with Crippen molar-refractivity contribution in [3.05, 3.63) is 138 Å². The minimum Gasteiger partial charge on any atom is -0.464 e. The summed E-state index contributed by atoms with van der Waals surface area (Å²) < 4.78 is 136. The average Bonchev–Trinajstić information content (AvgIpc) is 1.58. The van der Waals surface area contributed by atoms with Gasteiger partial charge in [0.1, 0.15) is 90.3 Å². The lowest BCUT2D eigenvalue weighted by Crippen LogP contribution is -2.41. The maximum Gasteiger partial charge on any atom is 0.513 e. The first-order valence-electron chi connectivity index (χ1n) is 29.9. The van der Waals surface area contributed by atoms with E-state index in [1.165, 1.54) is 71.9 Å². The highest BCUT2D eigenvalue weighted by molar-refractivity contribution is 7.58. The minimum atomic E-state index is -4.93. The fraction of sp³-hybridized carbons (Fsp3) is 0.433. The molecule has 0 amide bonds. The Balaban J connectivity index is 0.000000214. The molecule has 4 aromatic heterocycles. The van der Waals surface area contributed by atoms with E-state index in [1.807, 2.05) is 39.8 Å². The van der Waals surface area contributed by atoms with Gasteiger partial charge in [-0.05, 0) is 74.2 Å². The zero-order valence-electron chi connectivity index (χ0n) is 52.4. The fourth-order valence-corrected chi connectivity index (χ4v) is 13.0. The number of fused-ring (bicyclic) bond motifs is 2. The number of halogens is 5. The first kappa shape index (κ1) is 74.9. The fourth-order valence-electron chi connectivity index (χ4n) is 9.85. The minimum absolute atomic E-state index is 0.0696. The van der Waals surface area contributed by atoms with Gasteiger partial charge in [-0.2, -0.15) is 34.6 Å². The Kier molecular flexibility index (Phi) is 25.4. The third-order valence-electron chi connectivity index (χ3n) is 15.6. The second kappa shape index (κ2) is 32.5. The highest BCUT2D eigenvalue weighted by atomic mass is 31.2. The lowest BCUT2D eigenvalue weighted by atomic mass is 9.92. The van der Waals surface area contributed by atoms with Gasteiger partial charge < -0.3 is 70.1 Å². The Labute approximate surface area is 546 Å². The number of carbonyl (C=O) groups excluding carboxylic acids is 2. The molecule has 2 fully saturated rings. The summed E-state index contributed by atoms with van der Waals surface area (Å²) in [4.78, 5) is 32.8. The molecule has 9 rings (SSSR count). The molecule has 2 aliphatic rings. The number of nitriles is 2. The summed E-state index contributed by atoms with van der Waals surface area (Å²) in [6.45, 7) is 9.78. The molecule has 96 heavy (non-hydrogen) atoms. The van der Waals surface area contributed by atoms with Gasteiger partial charge in [0.15, 0.2) is 11.6 Å².